The number of hydrogen-bond acceptors (Lipinski definition) is 18. The van der Waals surface area contributed by atoms with Crippen LogP contribution in [0.2, 0.25) is 0 Å². The predicted octanol–water partition coefficient (Wildman–Crippen LogP) is 0.114. The van der Waals surface area contributed by atoms with Crippen LogP contribution in [0.3, 0.4) is 0 Å². The lowest BCUT2D eigenvalue weighted by atomic mass is 9.34. The number of allylic oxidation sites excluding steroid dienone is 1. The summed E-state index contributed by atoms with van der Waals surface area (Å²) in [4.78, 5) is 14.0. The van der Waals surface area contributed by atoms with Gasteiger partial charge in [-0.05, 0) is 99.2 Å². The molecule has 4 saturated carbocycles. The molecule has 0 aromatic rings. The molecule has 0 amide bonds. The van der Waals surface area contributed by atoms with Gasteiger partial charge >= 0.3 is 0 Å². The molecule has 6 unspecified atom stereocenters. The normalized spacial score (nSPS) is 56.1. The van der Waals surface area contributed by atoms with Crippen molar-refractivity contribution in [1.82, 2.24) is 0 Å². The number of fused-ring (bicyclic) bond motifs is 5. The maximum Gasteiger partial charge on any atom is 0.189 e. The minimum atomic E-state index is -1.97. The van der Waals surface area contributed by atoms with Crippen molar-refractivity contribution >= 4 is 6.29 Å². The Morgan fingerprint density at radius 1 is 0.594 bits per heavy atom. The first-order valence-corrected chi connectivity index (χ1v) is 23.4. The van der Waals surface area contributed by atoms with Crippen LogP contribution in [0, 0.1) is 44.8 Å². The third-order valence-electron chi connectivity index (χ3n) is 18.6. The van der Waals surface area contributed by atoms with Gasteiger partial charge < -0.3 is 89.0 Å². The summed E-state index contributed by atoms with van der Waals surface area (Å²) in [5.74, 6) is -0.0583. The minimum absolute atomic E-state index is 0.0155. The summed E-state index contributed by atoms with van der Waals surface area (Å²) in [5.41, 5.74) is -2.93. The van der Waals surface area contributed by atoms with Gasteiger partial charge in [-0.1, -0.05) is 46.3 Å². The van der Waals surface area contributed by atoms with Crippen LogP contribution < -0.4 is 0 Å². The highest BCUT2D eigenvalue weighted by Gasteiger charge is 2.75. The van der Waals surface area contributed by atoms with Crippen molar-refractivity contribution in [2.24, 2.45) is 44.8 Å². The second-order valence-electron chi connectivity index (χ2n) is 22.2. The smallest absolute Gasteiger partial charge is 0.189 e. The number of rotatable bonds is 9. The van der Waals surface area contributed by atoms with E-state index in [2.05, 4.69) is 34.6 Å². The zero-order valence-corrected chi connectivity index (χ0v) is 38.1. The maximum atomic E-state index is 14.0. The van der Waals surface area contributed by atoms with Gasteiger partial charge in [0.1, 0.15) is 66.8 Å². The molecule has 10 N–H and O–H groups in total. The Balaban J connectivity index is 1.05. The van der Waals surface area contributed by atoms with Gasteiger partial charge in [0, 0.05) is 17.3 Å². The molecule has 24 atom stereocenters. The molecule has 18 heteroatoms. The number of carbonyl (C=O) groups is 1. The predicted molar refractivity (Wildman–Crippen MR) is 221 cm³/mol. The Bertz CT molecular complexity index is 1730. The topological polar surface area (TPSA) is 284 Å². The fourth-order valence-corrected chi connectivity index (χ4v) is 14.8. The zero-order valence-electron chi connectivity index (χ0n) is 38.1. The van der Waals surface area contributed by atoms with E-state index in [4.69, 9.17) is 33.2 Å². The number of aliphatic hydroxyl groups excluding tert-OH is 9. The van der Waals surface area contributed by atoms with Crippen molar-refractivity contribution in [3.63, 3.8) is 0 Å². The third kappa shape index (κ3) is 7.43. The Morgan fingerprint density at radius 3 is 1.89 bits per heavy atom. The SMILES string of the molecule is CC(C)=CC1C[C@](O)([C@@]2(C)CC[C@]3(C)C2CCC2[C@@]4(C=O)CCC(O[C@@H]5OC[C@H](O)[C@H](O[C@@H]6OC[C@@H](O)[C@H](O)[C@H]6O)[C@H]5O[C@H]5OC(O)[C@@H](O)[C@@H](O)[C@@H]5O)C(C)(C)C4CC[C@]23C)[C@H](O)O1. The van der Waals surface area contributed by atoms with Crippen molar-refractivity contribution in [2.45, 2.75) is 210 Å². The number of aldehydes is 1. The van der Waals surface area contributed by atoms with Gasteiger partial charge in [-0.15, -0.1) is 0 Å². The first-order chi connectivity index (χ1) is 29.9. The van der Waals surface area contributed by atoms with Crippen LogP contribution in [0.25, 0.3) is 0 Å². The standard InChI is InChI=1S/C46H74O18/c1-21(2)16-22-17-46(57,40(56)60-22)44(7)15-14-43(6)26(44)8-9-27-42(43,5)12-10-25-41(3,4)28(11-13-45(25,27)20-47)61-39-35(63-38-33(54)30(51)31(52)36(55)64-38)34(24(49)19-59-39)62-37-32(53)29(50)23(48)18-58-37/h16,20,22-40,48-57H,8-15,17-19H2,1-7H3/t22?,23-,24+,25?,26?,27?,28?,29+,30-,31+,32-,33+,34+,35-,36?,37+,38+,39+,40-,42-,43-,44+,45-,46-/m1/s1. The second kappa shape index (κ2) is 17.3. The van der Waals surface area contributed by atoms with Crippen molar-refractivity contribution < 1.29 is 89.0 Å². The summed E-state index contributed by atoms with van der Waals surface area (Å²) < 4.78 is 42.0. The molecule has 4 aliphatic heterocycles. The van der Waals surface area contributed by atoms with Crippen LogP contribution in [0.5, 0.6) is 0 Å². The van der Waals surface area contributed by atoms with E-state index in [0.29, 0.717) is 32.1 Å². The summed E-state index contributed by atoms with van der Waals surface area (Å²) in [6.45, 7) is 14.1. The molecule has 0 radical (unpaired) electrons. The molecule has 0 bridgehead atoms. The number of ether oxygens (including phenoxy) is 7. The van der Waals surface area contributed by atoms with Crippen LogP contribution in [0.1, 0.15) is 106 Å². The number of hydrogen-bond donors (Lipinski definition) is 10. The molecule has 18 nitrogen and oxygen atoms in total. The molecule has 0 aromatic carbocycles. The average Bonchev–Trinajstić information content (AvgIpc) is 3.70. The monoisotopic (exact) mass is 914 g/mol. The van der Waals surface area contributed by atoms with Gasteiger partial charge in [0.15, 0.2) is 31.5 Å². The lowest BCUT2D eigenvalue weighted by molar-refractivity contribution is -0.397. The van der Waals surface area contributed by atoms with Crippen molar-refractivity contribution in [3.05, 3.63) is 11.6 Å². The van der Waals surface area contributed by atoms with Crippen LogP contribution in [0.15, 0.2) is 11.6 Å². The highest BCUT2D eigenvalue weighted by atomic mass is 16.8. The van der Waals surface area contributed by atoms with Crippen molar-refractivity contribution in [1.29, 1.82) is 0 Å². The van der Waals surface area contributed by atoms with Gasteiger partial charge in [-0.2, -0.15) is 0 Å². The van der Waals surface area contributed by atoms with E-state index in [-0.39, 0.29) is 41.3 Å². The van der Waals surface area contributed by atoms with Gasteiger partial charge in [0.05, 0.1) is 25.4 Å². The van der Waals surface area contributed by atoms with E-state index >= 15 is 0 Å². The quantitative estimate of drug-likeness (QED) is 0.0835. The first kappa shape index (κ1) is 49.2. The highest BCUT2D eigenvalue weighted by Crippen LogP contribution is 2.78. The largest absolute Gasteiger partial charge is 0.388 e. The van der Waals surface area contributed by atoms with E-state index in [9.17, 15) is 55.9 Å². The molecule has 64 heavy (non-hydrogen) atoms. The number of aliphatic hydroxyl groups is 10. The lowest BCUT2D eigenvalue weighted by Gasteiger charge is -2.70. The third-order valence-corrected chi connectivity index (χ3v) is 18.6. The molecule has 366 valence electrons. The van der Waals surface area contributed by atoms with E-state index in [1.165, 1.54) is 6.29 Å². The molecule has 0 spiro atoms. The molecule has 8 aliphatic rings. The Kier molecular flexibility index (Phi) is 13.3. The molecule has 8 rings (SSSR count). The summed E-state index contributed by atoms with van der Waals surface area (Å²) in [6, 6.07) is 0. The van der Waals surface area contributed by atoms with Crippen LogP contribution >= 0.6 is 0 Å². The summed E-state index contributed by atoms with van der Waals surface area (Å²) in [6.07, 6.45) is -14.9. The fourth-order valence-electron chi connectivity index (χ4n) is 14.8. The van der Waals surface area contributed by atoms with Crippen LogP contribution in [-0.4, -0.2) is 175 Å². The van der Waals surface area contributed by atoms with Crippen LogP contribution in [-0.2, 0) is 38.0 Å². The van der Waals surface area contributed by atoms with E-state index in [1.54, 1.807) is 0 Å². The van der Waals surface area contributed by atoms with Crippen molar-refractivity contribution in [3.8, 4) is 0 Å². The maximum absolute atomic E-state index is 14.0. The Labute approximate surface area is 374 Å². The Morgan fingerprint density at radius 2 is 1.20 bits per heavy atom. The molecule has 0 aromatic heterocycles. The Hall–Kier alpha value is -1.27. The first-order valence-electron chi connectivity index (χ1n) is 23.4. The highest BCUT2D eigenvalue weighted by molar-refractivity contribution is 5.62. The van der Waals surface area contributed by atoms with E-state index in [0.717, 1.165) is 31.3 Å². The van der Waals surface area contributed by atoms with Gasteiger partial charge in [0.25, 0.3) is 0 Å². The van der Waals surface area contributed by atoms with Gasteiger partial charge in [-0.3, -0.25) is 0 Å². The fraction of sp³-hybridized carbons (Fsp3) is 0.935. The molecule has 4 saturated heterocycles. The zero-order chi connectivity index (χ0) is 46.7. The minimum Gasteiger partial charge on any atom is -0.388 e. The molecular formula is C46H74O18. The number of carbonyl (C=O) groups excluding carboxylic acids is 1. The molecule has 8 fully saturated rings. The van der Waals surface area contributed by atoms with E-state index < -0.39 is 121 Å². The van der Waals surface area contributed by atoms with Gasteiger partial charge in [0.2, 0.25) is 0 Å². The van der Waals surface area contributed by atoms with Gasteiger partial charge in [-0.25, -0.2) is 0 Å². The van der Waals surface area contributed by atoms with Crippen LogP contribution in [0.4, 0.5) is 0 Å². The average molecular weight is 915 g/mol. The lowest BCUT2D eigenvalue weighted by Crippen LogP contribution is -2.67. The molecular weight excluding hydrogens is 840 g/mol. The summed E-state index contributed by atoms with van der Waals surface area (Å²) in [7, 11) is 0. The summed E-state index contributed by atoms with van der Waals surface area (Å²) >= 11 is 0. The molecule has 4 heterocycles. The summed E-state index contributed by atoms with van der Waals surface area (Å²) in [5, 5.41) is 108. The van der Waals surface area contributed by atoms with E-state index in [1.807, 2.05) is 19.9 Å². The van der Waals surface area contributed by atoms with Crippen molar-refractivity contribution in [2.75, 3.05) is 13.2 Å². The molecule has 4 aliphatic carbocycles. The second-order valence-corrected chi connectivity index (χ2v) is 22.2.